The zero-order valence-corrected chi connectivity index (χ0v) is 23.3. The van der Waals surface area contributed by atoms with Crippen LogP contribution >= 0.6 is 23.2 Å². The van der Waals surface area contributed by atoms with Gasteiger partial charge in [-0.2, -0.15) is 13.2 Å². The summed E-state index contributed by atoms with van der Waals surface area (Å²) in [4.78, 5) is 12.2. The number of hydrogen-bond acceptors (Lipinski definition) is 5. The third-order valence-electron chi connectivity index (χ3n) is 5.23. The van der Waals surface area contributed by atoms with E-state index >= 15 is 0 Å². The summed E-state index contributed by atoms with van der Waals surface area (Å²) in [5.41, 5.74) is -0.820. The van der Waals surface area contributed by atoms with E-state index in [1.807, 2.05) is 0 Å². The predicted octanol–water partition coefficient (Wildman–Crippen LogP) is 6.00. The highest BCUT2D eigenvalue weighted by atomic mass is 35.5. The predicted molar refractivity (Wildman–Crippen MR) is 145 cm³/mol. The van der Waals surface area contributed by atoms with Gasteiger partial charge < -0.3 is 5.32 Å². The maximum absolute atomic E-state index is 12.9. The van der Waals surface area contributed by atoms with E-state index in [2.05, 4.69) is 10.0 Å². The van der Waals surface area contributed by atoms with Gasteiger partial charge in [0, 0.05) is 29.4 Å². The van der Waals surface area contributed by atoms with Crippen LogP contribution in [0, 0.1) is 0 Å². The molecule has 0 fully saturated rings. The van der Waals surface area contributed by atoms with Gasteiger partial charge in [-0.15, -0.1) is 0 Å². The molecular weight excluding hydrogens is 602 g/mol. The number of alkyl halides is 3. The van der Waals surface area contributed by atoms with E-state index in [0.717, 1.165) is 22.7 Å². The Kier molecular flexibility index (Phi) is 9.42. The number of hydrogen-bond donors (Lipinski definition) is 2. The molecule has 0 radical (unpaired) electrons. The number of nitrogens with one attached hydrogen (secondary N) is 2. The first kappa shape index (κ1) is 30.5. The van der Waals surface area contributed by atoms with Crippen molar-refractivity contribution in [3.8, 4) is 0 Å². The lowest BCUT2D eigenvalue weighted by Crippen LogP contribution is -2.31. The molecule has 0 aliphatic heterocycles. The van der Waals surface area contributed by atoms with Gasteiger partial charge in [-0.05, 0) is 67.1 Å². The molecule has 0 bridgehead atoms. The van der Waals surface area contributed by atoms with Crippen molar-refractivity contribution in [3.05, 3.63) is 82.3 Å². The second kappa shape index (κ2) is 12.0. The van der Waals surface area contributed by atoms with Crippen LogP contribution in [0.3, 0.4) is 0 Å². The first-order chi connectivity index (χ1) is 18.1. The van der Waals surface area contributed by atoms with Gasteiger partial charge in [-0.3, -0.25) is 13.8 Å². The number of carbonyl (C=O) groups excluding carboxylic acids is 1. The number of anilines is 3. The number of benzene rings is 3. The second-order valence-corrected chi connectivity index (χ2v) is 12.7. The van der Waals surface area contributed by atoms with Crippen LogP contribution in [0.1, 0.15) is 18.4 Å². The number of rotatable bonds is 10. The minimum Gasteiger partial charge on any atom is -0.326 e. The highest BCUT2D eigenvalue weighted by Crippen LogP contribution is 2.32. The maximum Gasteiger partial charge on any atom is 0.416 e. The maximum atomic E-state index is 12.9. The highest BCUT2D eigenvalue weighted by molar-refractivity contribution is 7.92. The van der Waals surface area contributed by atoms with Crippen LogP contribution in [0.4, 0.5) is 30.2 Å². The van der Waals surface area contributed by atoms with Gasteiger partial charge in [0.15, 0.2) is 0 Å². The zero-order chi connectivity index (χ0) is 29.0. The molecule has 0 aliphatic carbocycles. The summed E-state index contributed by atoms with van der Waals surface area (Å²) in [5.74, 6) is -0.460. The van der Waals surface area contributed by atoms with Gasteiger partial charge in [0.25, 0.3) is 10.0 Å². The van der Waals surface area contributed by atoms with E-state index in [4.69, 9.17) is 23.2 Å². The molecule has 0 spiro atoms. The minimum atomic E-state index is -4.63. The molecule has 3 aromatic carbocycles. The third kappa shape index (κ3) is 8.49. The first-order valence-electron chi connectivity index (χ1n) is 11.1. The molecule has 210 valence electrons. The van der Waals surface area contributed by atoms with Crippen LogP contribution in [0.15, 0.2) is 71.6 Å². The normalized spacial score (nSPS) is 12.2. The van der Waals surface area contributed by atoms with Crippen molar-refractivity contribution in [1.82, 2.24) is 0 Å². The second-order valence-electron chi connectivity index (χ2n) is 8.29. The van der Waals surface area contributed by atoms with Crippen LogP contribution in [-0.2, 0) is 31.0 Å². The van der Waals surface area contributed by atoms with Crippen molar-refractivity contribution in [2.45, 2.75) is 23.9 Å². The lowest BCUT2D eigenvalue weighted by atomic mass is 10.2. The molecule has 0 unspecified atom stereocenters. The molecule has 15 heteroatoms. The zero-order valence-electron chi connectivity index (χ0n) is 20.2. The van der Waals surface area contributed by atoms with Crippen LogP contribution in [0.5, 0.6) is 0 Å². The van der Waals surface area contributed by atoms with Crippen molar-refractivity contribution < 1.29 is 34.8 Å². The number of sulfonamides is 2. The third-order valence-corrected chi connectivity index (χ3v) is 8.36. The Bertz CT molecular complexity index is 1570. The molecule has 0 aliphatic rings. The average molecular weight is 624 g/mol. The van der Waals surface area contributed by atoms with E-state index in [9.17, 15) is 34.8 Å². The van der Waals surface area contributed by atoms with E-state index in [-0.39, 0.29) is 51.4 Å². The Morgan fingerprint density at radius 2 is 1.59 bits per heavy atom. The molecule has 1 amide bonds. The Hall–Kier alpha value is -3.00. The minimum absolute atomic E-state index is 0.0509. The number of nitrogens with zero attached hydrogens (tertiary/aromatic N) is 1. The molecule has 3 rings (SSSR count). The van der Waals surface area contributed by atoms with Crippen LogP contribution < -0.4 is 14.3 Å². The van der Waals surface area contributed by atoms with Crippen LogP contribution in [0.2, 0.25) is 10.0 Å². The Morgan fingerprint density at radius 1 is 0.923 bits per heavy atom. The van der Waals surface area contributed by atoms with E-state index in [1.165, 1.54) is 48.5 Å². The number of carbonyl (C=O) groups is 1. The van der Waals surface area contributed by atoms with E-state index in [0.29, 0.717) is 6.07 Å². The van der Waals surface area contributed by atoms with E-state index < -0.39 is 37.7 Å². The first-order valence-corrected chi connectivity index (χ1v) is 15.2. The summed E-state index contributed by atoms with van der Waals surface area (Å²) in [6.07, 6.45) is -3.56. The van der Waals surface area contributed by atoms with Crippen LogP contribution in [0.25, 0.3) is 0 Å². The molecule has 8 nitrogen and oxygen atoms in total. The monoisotopic (exact) mass is 623 g/mol. The molecule has 2 N–H and O–H groups in total. The van der Waals surface area contributed by atoms with Crippen molar-refractivity contribution in [3.63, 3.8) is 0 Å². The topological polar surface area (TPSA) is 113 Å². The molecule has 0 atom stereocenters. The highest BCUT2D eigenvalue weighted by Gasteiger charge is 2.30. The van der Waals surface area contributed by atoms with Crippen molar-refractivity contribution >= 4 is 66.2 Å². The van der Waals surface area contributed by atoms with Crippen molar-refractivity contribution in [2.75, 3.05) is 27.1 Å². The fourth-order valence-corrected chi connectivity index (χ4v) is 5.89. The summed E-state index contributed by atoms with van der Waals surface area (Å²) in [5, 5.41) is 3.03. The molecule has 0 aromatic heterocycles. The number of amides is 1. The van der Waals surface area contributed by atoms with Gasteiger partial charge in [-0.1, -0.05) is 29.3 Å². The van der Waals surface area contributed by atoms with Crippen LogP contribution in [-0.4, -0.2) is 35.5 Å². The lowest BCUT2D eigenvalue weighted by Gasteiger charge is -2.23. The Morgan fingerprint density at radius 3 is 2.21 bits per heavy atom. The van der Waals surface area contributed by atoms with Gasteiger partial charge in [-0.25, -0.2) is 16.8 Å². The average Bonchev–Trinajstić information content (AvgIpc) is 2.82. The molecule has 0 saturated carbocycles. The van der Waals surface area contributed by atoms with Gasteiger partial charge in [0.05, 0.1) is 27.4 Å². The van der Waals surface area contributed by atoms with Crippen molar-refractivity contribution in [2.24, 2.45) is 0 Å². The van der Waals surface area contributed by atoms with Gasteiger partial charge in [0.1, 0.15) is 0 Å². The summed E-state index contributed by atoms with van der Waals surface area (Å²) >= 11 is 12.1. The van der Waals surface area contributed by atoms with Gasteiger partial charge in [0.2, 0.25) is 15.9 Å². The van der Waals surface area contributed by atoms with Gasteiger partial charge >= 0.3 is 6.18 Å². The summed E-state index contributed by atoms with van der Waals surface area (Å²) in [6, 6.07) is 13.1. The molecular formula is C24H22Cl2F3N3O5S2. The SMILES string of the molecule is CS(=O)(=O)N(CCCC(=O)Nc1ccc(S(=O)(=O)Nc2cccc(C(F)(F)F)c2)cc1)c1cc(Cl)ccc1Cl. The Labute approximate surface area is 233 Å². The largest absolute Gasteiger partial charge is 0.416 e. The molecule has 39 heavy (non-hydrogen) atoms. The molecule has 0 saturated heterocycles. The Balaban J connectivity index is 1.61. The fourth-order valence-electron chi connectivity index (χ4n) is 3.44. The quantitative estimate of drug-likeness (QED) is 0.288. The van der Waals surface area contributed by atoms with E-state index in [1.54, 1.807) is 0 Å². The summed E-state index contributed by atoms with van der Waals surface area (Å²) < 4.78 is 91.6. The standard InChI is InChI=1S/C24H22Cl2F3N3O5S2/c1-38(34,35)32(22-15-17(25)7-12-21(22)26)13-3-6-23(33)30-18-8-10-20(11-9-18)39(36,37)31-19-5-2-4-16(14-19)24(27,28)29/h2,4-5,7-12,14-15,31H,3,6,13H2,1H3,(H,30,33). The smallest absolute Gasteiger partial charge is 0.326 e. The summed E-state index contributed by atoms with van der Waals surface area (Å²) in [6.45, 7) is -0.0509. The molecule has 0 heterocycles. The fraction of sp³-hybridized carbons (Fsp3) is 0.208. The lowest BCUT2D eigenvalue weighted by molar-refractivity contribution is -0.137. The van der Waals surface area contributed by atoms with Crippen molar-refractivity contribution in [1.29, 1.82) is 0 Å². The molecule has 3 aromatic rings. The summed E-state index contributed by atoms with van der Waals surface area (Å²) in [7, 11) is -7.93. The number of halogens is 5.